The molecule has 100 valence electrons. The third-order valence-electron chi connectivity index (χ3n) is 3.34. The van der Waals surface area contributed by atoms with E-state index in [0.29, 0.717) is 10.9 Å². The maximum atomic E-state index is 12.3. The van der Waals surface area contributed by atoms with Gasteiger partial charge in [-0.05, 0) is 37.3 Å². The number of piperidine rings is 1. The minimum atomic E-state index is 0.0502. The Balaban J connectivity index is 1.95. The van der Waals surface area contributed by atoms with Crippen molar-refractivity contribution in [3.05, 3.63) is 10.6 Å². The highest BCUT2D eigenvalue weighted by Gasteiger charge is 2.22. The molecule has 0 aromatic carbocycles. The van der Waals surface area contributed by atoms with Crippen LogP contribution >= 0.6 is 11.5 Å². The summed E-state index contributed by atoms with van der Waals surface area (Å²) in [7, 11) is 1.86. The van der Waals surface area contributed by atoms with E-state index in [0.717, 1.165) is 31.6 Å². The van der Waals surface area contributed by atoms with Crippen molar-refractivity contribution in [2.24, 2.45) is 0 Å². The van der Waals surface area contributed by atoms with Crippen LogP contribution in [0.4, 0.5) is 0 Å². The van der Waals surface area contributed by atoms with Crippen LogP contribution in [0, 0.1) is 0 Å². The zero-order chi connectivity index (χ0) is 13.0. The number of rotatable bonds is 4. The van der Waals surface area contributed by atoms with Crippen LogP contribution in [0.2, 0.25) is 0 Å². The number of likely N-dealkylation sites (N-methyl/N-ethyl adjacent to an activating group) is 1. The lowest BCUT2D eigenvalue weighted by Crippen LogP contribution is -2.44. The molecule has 1 aromatic rings. The Kier molecular flexibility index (Phi) is 4.66. The number of amides is 1. The first-order valence-electron chi connectivity index (χ1n) is 6.52. The summed E-state index contributed by atoms with van der Waals surface area (Å²) in [4.78, 5) is 14.8. The van der Waals surface area contributed by atoms with Crippen molar-refractivity contribution in [3.63, 3.8) is 0 Å². The molecule has 1 unspecified atom stereocenters. The van der Waals surface area contributed by atoms with Crippen LogP contribution < -0.4 is 5.32 Å². The molecule has 1 atom stereocenters. The zero-order valence-corrected chi connectivity index (χ0v) is 11.8. The van der Waals surface area contributed by atoms with E-state index < -0.39 is 0 Å². The van der Waals surface area contributed by atoms with Gasteiger partial charge in [0.2, 0.25) is 0 Å². The molecule has 1 N–H and O–H groups in total. The monoisotopic (exact) mass is 268 g/mol. The second kappa shape index (κ2) is 6.24. The highest BCUT2D eigenvalue weighted by atomic mass is 32.1. The molecular formula is C12H20N4OS. The average Bonchev–Trinajstić information content (AvgIpc) is 2.87. The summed E-state index contributed by atoms with van der Waals surface area (Å²) in [5.74, 6) is 0.0502. The van der Waals surface area contributed by atoms with Crippen LogP contribution in [0.25, 0.3) is 0 Å². The molecule has 1 saturated heterocycles. The van der Waals surface area contributed by atoms with E-state index in [4.69, 9.17) is 0 Å². The van der Waals surface area contributed by atoms with Gasteiger partial charge in [-0.3, -0.25) is 4.79 Å². The Labute approximate surface area is 112 Å². The van der Waals surface area contributed by atoms with Gasteiger partial charge in [0.1, 0.15) is 4.88 Å². The van der Waals surface area contributed by atoms with Crippen molar-refractivity contribution in [1.82, 2.24) is 19.8 Å². The second-order valence-corrected chi connectivity index (χ2v) is 5.49. The van der Waals surface area contributed by atoms with E-state index in [2.05, 4.69) is 14.9 Å². The number of aryl methyl sites for hydroxylation is 1. The predicted molar refractivity (Wildman–Crippen MR) is 71.9 cm³/mol. The Morgan fingerprint density at radius 3 is 3.06 bits per heavy atom. The third kappa shape index (κ3) is 3.05. The Morgan fingerprint density at radius 2 is 2.39 bits per heavy atom. The summed E-state index contributed by atoms with van der Waals surface area (Å²) in [5.41, 5.74) is 0.813. The van der Waals surface area contributed by atoms with Gasteiger partial charge in [-0.2, -0.15) is 0 Å². The largest absolute Gasteiger partial charge is 0.339 e. The van der Waals surface area contributed by atoms with E-state index >= 15 is 0 Å². The van der Waals surface area contributed by atoms with Gasteiger partial charge in [-0.1, -0.05) is 17.8 Å². The molecule has 1 fully saturated rings. The summed E-state index contributed by atoms with van der Waals surface area (Å²) < 4.78 is 3.87. The minimum absolute atomic E-state index is 0.0502. The number of nitrogens with zero attached hydrogens (tertiary/aromatic N) is 3. The van der Waals surface area contributed by atoms with E-state index in [-0.39, 0.29) is 5.91 Å². The summed E-state index contributed by atoms with van der Waals surface area (Å²) in [6.45, 7) is 3.82. The molecule has 0 bridgehead atoms. The molecule has 0 saturated carbocycles. The van der Waals surface area contributed by atoms with Gasteiger partial charge in [0.25, 0.3) is 5.91 Å². The van der Waals surface area contributed by atoms with E-state index in [1.807, 2.05) is 14.0 Å². The van der Waals surface area contributed by atoms with E-state index in [1.165, 1.54) is 24.4 Å². The Hall–Kier alpha value is -1.01. The molecule has 2 rings (SSSR count). The predicted octanol–water partition coefficient (Wildman–Crippen LogP) is 1.31. The topological polar surface area (TPSA) is 58.1 Å². The Bertz CT molecular complexity index is 401. The molecule has 1 aliphatic heterocycles. The SMILES string of the molecule is CCc1nnsc1C(=O)N(C)CC1CCCCN1. The summed E-state index contributed by atoms with van der Waals surface area (Å²) in [6, 6.07) is 0.429. The van der Waals surface area contributed by atoms with Crippen molar-refractivity contribution in [2.45, 2.75) is 38.6 Å². The lowest BCUT2D eigenvalue weighted by molar-refractivity contribution is 0.0779. The maximum absolute atomic E-state index is 12.3. The lowest BCUT2D eigenvalue weighted by atomic mass is 10.0. The number of nitrogens with one attached hydrogen (secondary N) is 1. The molecule has 1 aliphatic rings. The average molecular weight is 268 g/mol. The van der Waals surface area contributed by atoms with Gasteiger partial charge in [-0.25, -0.2) is 0 Å². The molecule has 5 nitrogen and oxygen atoms in total. The van der Waals surface area contributed by atoms with Crippen LogP contribution in [0.15, 0.2) is 0 Å². The van der Waals surface area contributed by atoms with Crippen molar-refractivity contribution < 1.29 is 4.79 Å². The van der Waals surface area contributed by atoms with Crippen LogP contribution in [-0.4, -0.2) is 46.6 Å². The molecule has 6 heteroatoms. The van der Waals surface area contributed by atoms with Crippen LogP contribution in [-0.2, 0) is 6.42 Å². The molecule has 2 heterocycles. The highest BCUT2D eigenvalue weighted by molar-refractivity contribution is 7.07. The zero-order valence-electron chi connectivity index (χ0n) is 11.0. The molecule has 1 aromatic heterocycles. The van der Waals surface area contributed by atoms with Gasteiger partial charge in [0, 0.05) is 19.6 Å². The second-order valence-electron chi connectivity index (χ2n) is 4.73. The standard InChI is InChI=1S/C12H20N4OS/c1-3-10-11(18-15-14-10)12(17)16(2)8-9-6-4-5-7-13-9/h9,13H,3-8H2,1-2H3. The first-order valence-corrected chi connectivity index (χ1v) is 7.29. The third-order valence-corrected chi connectivity index (χ3v) is 4.09. The van der Waals surface area contributed by atoms with Gasteiger partial charge in [0.05, 0.1) is 5.69 Å². The minimum Gasteiger partial charge on any atom is -0.339 e. The highest BCUT2D eigenvalue weighted by Crippen LogP contribution is 2.15. The van der Waals surface area contributed by atoms with Crippen molar-refractivity contribution >= 4 is 17.4 Å². The van der Waals surface area contributed by atoms with Crippen molar-refractivity contribution in [2.75, 3.05) is 20.1 Å². The van der Waals surface area contributed by atoms with E-state index in [1.54, 1.807) is 4.90 Å². The van der Waals surface area contributed by atoms with Gasteiger partial charge >= 0.3 is 0 Å². The number of hydrogen-bond donors (Lipinski definition) is 1. The number of aromatic nitrogens is 2. The molecule has 0 radical (unpaired) electrons. The molecule has 1 amide bonds. The first kappa shape index (κ1) is 13.4. The van der Waals surface area contributed by atoms with Crippen LogP contribution in [0.1, 0.15) is 41.6 Å². The molecule has 0 spiro atoms. The van der Waals surface area contributed by atoms with Gasteiger partial charge in [-0.15, -0.1) is 5.10 Å². The first-order chi connectivity index (χ1) is 8.72. The van der Waals surface area contributed by atoms with E-state index in [9.17, 15) is 4.79 Å². The molecular weight excluding hydrogens is 248 g/mol. The fourth-order valence-electron chi connectivity index (χ4n) is 2.27. The summed E-state index contributed by atoms with van der Waals surface area (Å²) >= 11 is 1.20. The summed E-state index contributed by atoms with van der Waals surface area (Å²) in [6.07, 6.45) is 4.40. The van der Waals surface area contributed by atoms with Crippen LogP contribution in [0.3, 0.4) is 0 Å². The molecule has 18 heavy (non-hydrogen) atoms. The fraction of sp³-hybridized carbons (Fsp3) is 0.750. The molecule has 0 aliphatic carbocycles. The van der Waals surface area contributed by atoms with Gasteiger partial charge in [0.15, 0.2) is 0 Å². The Morgan fingerprint density at radius 1 is 1.56 bits per heavy atom. The number of carbonyl (C=O) groups excluding carboxylic acids is 1. The van der Waals surface area contributed by atoms with Crippen molar-refractivity contribution in [3.8, 4) is 0 Å². The normalized spacial score (nSPS) is 19.8. The number of hydrogen-bond acceptors (Lipinski definition) is 5. The smallest absolute Gasteiger partial charge is 0.267 e. The van der Waals surface area contributed by atoms with Crippen LogP contribution in [0.5, 0.6) is 0 Å². The lowest BCUT2D eigenvalue weighted by Gasteiger charge is -2.28. The number of carbonyl (C=O) groups is 1. The van der Waals surface area contributed by atoms with Crippen molar-refractivity contribution in [1.29, 1.82) is 0 Å². The maximum Gasteiger partial charge on any atom is 0.267 e. The van der Waals surface area contributed by atoms with Gasteiger partial charge < -0.3 is 10.2 Å². The quantitative estimate of drug-likeness (QED) is 0.894. The summed E-state index contributed by atoms with van der Waals surface area (Å²) in [5, 5.41) is 7.45. The fourth-order valence-corrected chi connectivity index (χ4v) is 3.01.